The van der Waals surface area contributed by atoms with Crippen molar-refractivity contribution in [2.24, 2.45) is 0 Å². The molecule has 0 fully saturated rings. The van der Waals surface area contributed by atoms with Gasteiger partial charge in [-0.15, -0.1) is 0 Å². The monoisotopic (exact) mass is 348 g/mol. The fourth-order valence-electron chi connectivity index (χ4n) is 2.42. The van der Waals surface area contributed by atoms with Crippen molar-refractivity contribution < 1.29 is 13.6 Å². The smallest absolute Gasteiger partial charge is 0.408 e. The lowest BCUT2D eigenvalue weighted by atomic mass is 10.2. The van der Waals surface area contributed by atoms with Gasteiger partial charge < -0.3 is 9.32 Å². The third kappa shape index (κ3) is 3.19. The van der Waals surface area contributed by atoms with Crippen LogP contribution in [0.15, 0.2) is 51.7 Å². The molecule has 0 radical (unpaired) electrons. The first-order chi connectivity index (χ1) is 11.5. The zero-order valence-electron chi connectivity index (χ0n) is 12.8. The first-order valence-corrected chi connectivity index (χ1v) is 7.60. The summed E-state index contributed by atoms with van der Waals surface area (Å²) in [4.78, 5) is 25.7. The number of hydrogen-bond acceptors (Lipinski definition) is 3. The molecule has 0 bridgehead atoms. The first kappa shape index (κ1) is 16.3. The van der Waals surface area contributed by atoms with Gasteiger partial charge in [-0.1, -0.05) is 29.8 Å². The van der Waals surface area contributed by atoms with Crippen molar-refractivity contribution in [2.45, 2.75) is 13.1 Å². The number of aromatic nitrogens is 1. The second-order valence-electron chi connectivity index (χ2n) is 5.41. The summed E-state index contributed by atoms with van der Waals surface area (Å²) in [6.45, 7) is -0.0830. The van der Waals surface area contributed by atoms with Crippen LogP contribution in [0.4, 0.5) is 4.39 Å². The van der Waals surface area contributed by atoms with E-state index in [2.05, 4.69) is 0 Å². The van der Waals surface area contributed by atoms with Crippen LogP contribution in [0.25, 0.3) is 11.1 Å². The van der Waals surface area contributed by atoms with Gasteiger partial charge >= 0.3 is 5.76 Å². The van der Waals surface area contributed by atoms with Crippen LogP contribution in [0, 0.1) is 5.82 Å². The summed E-state index contributed by atoms with van der Waals surface area (Å²) in [5.41, 5.74) is 1.21. The van der Waals surface area contributed by atoms with E-state index in [1.807, 2.05) is 0 Å². The standard InChI is InChI=1S/C17H14ClFN2O3/c1-20(9-11-4-2-3-5-13(11)19)16(22)10-21-14-7-6-12(18)8-15(14)24-17(21)23/h2-8H,9-10H2,1H3. The third-order valence-electron chi connectivity index (χ3n) is 3.71. The minimum Gasteiger partial charge on any atom is -0.408 e. The first-order valence-electron chi connectivity index (χ1n) is 7.22. The highest BCUT2D eigenvalue weighted by Crippen LogP contribution is 2.18. The molecule has 2 aromatic carbocycles. The van der Waals surface area contributed by atoms with Crippen LogP contribution < -0.4 is 5.76 Å². The number of halogens is 2. The Labute approximate surface area is 141 Å². The van der Waals surface area contributed by atoms with Crippen molar-refractivity contribution in [3.63, 3.8) is 0 Å². The molecule has 0 aliphatic carbocycles. The number of fused-ring (bicyclic) bond motifs is 1. The number of carbonyl (C=O) groups excluding carboxylic acids is 1. The Morgan fingerprint density at radius 3 is 2.79 bits per heavy atom. The van der Waals surface area contributed by atoms with Crippen molar-refractivity contribution in [1.29, 1.82) is 0 Å². The van der Waals surface area contributed by atoms with E-state index < -0.39 is 5.76 Å². The predicted octanol–water partition coefficient (Wildman–Crippen LogP) is 3.05. The van der Waals surface area contributed by atoms with E-state index in [4.69, 9.17) is 16.0 Å². The Kier molecular flexibility index (Phi) is 4.40. The molecular weight excluding hydrogens is 335 g/mol. The molecule has 24 heavy (non-hydrogen) atoms. The lowest BCUT2D eigenvalue weighted by Crippen LogP contribution is -2.32. The van der Waals surface area contributed by atoms with Gasteiger partial charge in [0.2, 0.25) is 5.91 Å². The van der Waals surface area contributed by atoms with E-state index in [1.54, 1.807) is 37.4 Å². The molecule has 124 valence electrons. The number of hydrogen-bond donors (Lipinski definition) is 0. The Morgan fingerprint density at radius 2 is 2.04 bits per heavy atom. The SMILES string of the molecule is CN(Cc1ccccc1F)C(=O)Cn1c(=O)oc2cc(Cl)ccc21. The number of amides is 1. The number of rotatable bonds is 4. The highest BCUT2D eigenvalue weighted by molar-refractivity contribution is 6.31. The van der Waals surface area contributed by atoms with E-state index in [1.165, 1.54) is 21.6 Å². The quantitative estimate of drug-likeness (QED) is 0.728. The van der Waals surface area contributed by atoms with Gasteiger partial charge in [0.05, 0.1) is 5.52 Å². The summed E-state index contributed by atoms with van der Waals surface area (Å²) >= 11 is 5.86. The van der Waals surface area contributed by atoms with Crippen LogP contribution in [-0.4, -0.2) is 22.4 Å². The summed E-state index contributed by atoms with van der Waals surface area (Å²) in [5.74, 6) is -1.35. The maximum absolute atomic E-state index is 13.7. The molecule has 0 aliphatic heterocycles. The topological polar surface area (TPSA) is 55.5 Å². The highest BCUT2D eigenvalue weighted by atomic mass is 35.5. The third-order valence-corrected chi connectivity index (χ3v) is 3.95. The Bertz CT molecular complexity index is 964. The number of likely N-dealkylation sites (N-methyl/N-ethyl adjacent to an activating group) is 1. The van der Waals surface area contributed by atoms with Crippen molar-refractivity contribution in [1.82, 2.24) is 9.47 Å². The zero-order chi connectivity index (χ0) is 17.3. The van der Waals surface area contributed by atoms with Gasteiger partial charge in [-0.25, -0.2) is 9.18 Å². The lowest BCUT2D eigenvalue weighted by Gasteiger charge is -2.17. The molecule has 0 N–H and O–H groups in total. The van der Waals surface area contributed by atoms with E-state index in [-0.39, 0.29) is 24.8 Å². The maximum Gasteiger partial charge on any atom is 0.420 e. The van der Waals surface area contributed by atoms with Crippen molar-refractivity contribution in [3.05, 3.63) is 69.4 Å². The second kappa shape index (κ2) is 6.49. The summed E-state index contributed by atoms with van der Waals surface area (Å²) in [6, 6.07) is 11.0. The fourth-order valence-corrected chi connectivity index (χ4v) is 2.58. The van der Waals surface area contributed by atoms with E-state index in [0.29, 0.717) is 21.7 Å². The average molecular weight is 349 g/mol. The Morgan fingerprint density at radius 1 is 1.29 bits per heavy atom. The number of oxazole rings is 1. The zero-order valence-corrected chi connectivity index (χ0v) is 13.6. The summed E-state index contributed by atoms with van der Waals surface area (Å²) < 4.78 is 20.0. The molecule has 0 unspecified atom stereocenters. The van der Waals surface area contributed by atoms with E-state index >= 15 is 0 Å². The van der Waals surface area contributed by atoms with Gasteiger partial charge in [-0.05, 0) is 18.2 Å². The molecule has 1 amide bonds. The Balaban J connectivity index is 1.81. The predicted molar refractivity (Wildman–Crippen MR) is 88.4 cm³/mol. The van der Waals surface area contributed by atoms with E-state index in [0.717, 1.165) is 0 Å². The largest absolute Gasteiger partial charge is 0.420 e. The molecule has 1 aromatic heterocycles. The van der Waals surface area contributed by atoms with Crippen molar-refractivity contribution in [2.75, 3.05) is 7.05 Å². The molecule has 0 saturated carbocycles. The van der Waals surface area contributed by atoms with Crippen LogP contribution in [0.5, 0.6) is 0 Å². The van der Waals surface area contributed by atoms with Crippen LogP contribution >= 0.6 is 11.6 Å². The lowest BCUT2D eigenvalue weighted by molar-refractivity contribution is -0.131. The van der Waals surface area contributed by atoms with E-state index in [9.17, 15) is 14.0 Å². The van der Waals surface area contributed by atoms with Crippen molar-refractivity contribution in [3.8, 4) is 0 Å². The summed E-state index contributed by atoms with van der Waals surface area (Å²) in [5, 5.41) is 0.436. The Hall–Kier alpha value is -2.60. The van der Waals surface area contributed by atoms with Crippen molar-refractivity contribution >= 4 is 28.6 Å². The molecule has 0 spiro atoms. The maximum atomic E-state index is 13.7. The summed E-state index contributed by atoms with van der Waals surface area (Å²) in [7, 11) is 1.55. The molecule has 3 aromatic rings. The number of carbonyl (C=O) groups is 1. The molecule has 1 heterocycles. The molecule has 3 rings (SSSR count). The fraction of sp³-hybridized carbons (Fsp3) is 0.176. The second-order valence-corrected chi connectivity index (χ2v) is 5.84. The van der Waals surface area contributed by atoms with Crippen LogP contribution in [0.1, 0.15) is 5.56 Å². The van der Waals surface area contributed by atoms with Crippen LogP contribution in [-0.2, 0) is 17.9 Å². The molecule has 7 heteroatoms. The van der Waals surface area contributed by atoms with Gasteiger partial charge in [0.25, 0.3) is 0 Å². The number of benzene rings is 2. The normalized spacial score (nSPS) is 11.0. The van der Waals surface area contributed by atoms with Gasteiger partial charge in [-0.2, -0.15) is 0 Å². The molecule has 0 saturated heterocycles. The minimum absolute atomic E-state index is 0.113. The minimum atomic E-state index is -0.639. The molecular formula is C17H14ClFN2O3. The molecule has 0 atom stereocenters. The number of nitrogens with zero attached hydrogens (tertiary/aromatic N) is 2. The summed E-state index contributed by atoms with van der Waals surface area (Å²) in [6.07, 6.45) is 0. The highest BCUT2D eigenvalue weighted by Gasteiger charge is 2.16. The van der Waals surface area contributed by atoms with Gasteiger partial charge in [-0.3, -0.25) is 9.36 Å². The van der Waals surface area contributed by atoms with Crippen LogP contribution in [0.3, 0.4) is 0 Å². The molecule has 5 nitrogen and oxygen atoms in total. The average Bonchev–Trinajstić information content (AvgIpc) is 2.84. The van der Waals surface area contributed by atoms with Crippen LogP contribution in [0.2, 0.25) is 5.02 Å². The van der Waals surface area contributed by atoms with Gasteiger partial charge in [0.1, 0.15) is 12.4 Å². The van der Waals surface area contributed by atoms with Gasteiger partial charge in [0.15, 0.2) is 5.58 Å². The molecule has 0 aliphatic rings. The van der Waals surface area contributed by atoms with Gasteiger partial charge in [0, 0.05) is 30.2 Å².